The van der Waals surface area contributed by atoms with Gasteiger partial charge in [-0.05, 0) is 60.6 Å². The topological polar surface area (TPSA) is 128 Å². The van der Waals surface area contributed by atoms with Gasteiger partial charge >= 0.3 is 6.36 Å². The van der Waals surface area contributed by atoms with Crippen molar-refractivity contribution in [2.24, 2.45) is 7.05 Å². The number of alkyl halides is 3. The van der Waals surface area contributed by atoms with Crippen molar-refractivity contribution in [3.63, 3.8) is 0 Å². The number of quaternary nitrogens is 1. The summed E-state index contributed by atoms with van der Waals surface area (Å²) in [5.74, 6) is -1.37. The molecule has 2 aromatic heterocycles. The molecule has 2 aromatic carbocycles. The van der Waals surface area contributed by atoms with Crippen molar-refractivity contribution in [2.75, 3.05) is 30.8 Å². The van der Waals surface area contributed by atoms with E-state index < -0.39 is 18.0 Å². The van der Waals surface area contributed by atoms with Crippen LogP contribution in [0, 0.1) is 0 Å². The molecule has 0 atom stereocenters. The van der Waals surface area contributed by atoms with E-state index in [0.29, 0.717) is 29.9 Å². The molecule has 14 heteroatoms. The number of nitrogens with zero attached hydrogens (tertiary/aromatic N) is 4. The van der Waals surface area contributed by atoms with Crippen molar-refractivity contribution < 1.29 is 32.4 Å². The number of benzene rings is 2. The van der Waals surface area contributed by atoms with E-state index in [9.17, 15) is 22.8 Å². The van der Waals surface area contributed by atoms with E-state index in [4.69, 9.17) is 0 Å². The van der Waals surface area contributed by atoms with Crippen LogP contribution in [0.5, 0.6) is 5.75 Å². The van der Waals surface area contributed by atoms with Gasteiger partial charge in [0.25, 0.3) is 11.8 Å². The number of amides is 2. The summed E-state index contributed by atoms with van der Waals surface area (Å²) in [6.45, 7) is 5.88. The van der Waals surface area contributed by atoms with Crippen LogP contribution >= 0.6 is 0 Å². The number of nitrogens with one attached hydrogen (secondary N) is 4. The van der Waals surface area contributed by atoms with E-state index in [-0.39, 0.29) is 29.1 Å². The summed E-state index contributed by atoms with van der Waals surface area (Å²) in [4.78, 5) is 37.0. The van der Waals surface area contributed by atoms with Crippen LogP contribution in [0.1, 0.15) is 69.8 Å². The Labute approximate surface area is 282 Å². The van der Waals surface area contributed by atoms with Crippen LogP contribution in [-0.2, 0) is 32.7 Å². The number of rotatable bonds is 9. The summed E-state index contributed by atoms with van der Waals surface area (Å²) in [5, 5.41) is 13.4. The number of halogens is 3. The van der Waals surface area contributed by atoms with Gasteiger partial charge in [0.2, 0.25) is 5.95 Å². The molecule has 6 rings (SSSR count). The molecule has 4 N–H and O–H groups in total. The molecule has 0 unspecified atom stereocenters. The molecule has 1 aliphatic heterocycles. The molecule has 49 heavy (non-hydrogen) atoms. The van der Waals surface area contributed by atoms with Crippen LogP contribution in [0.3, 0.4) is 0 Å². The monoisotopic (exact) mass is 677 g/mol. The minimum Gasteiger partial charge on any atom is -0.404 e. The van der Waals surface area contributed by atoms with E-state index in [1.807, 2.05) is 32.0 Å². The standard InChI is InChI=1S/C35H39F3N8O3/c1-5-20-8-7-9-21(6-2)28(20)42-33(48)30-25-12-10-23-19-39-34(43-29(23)31(25)46(4)44-30)41-26-13-11-22(18-27(26)49-35(36,37)38)32(47)40-24-14-16-45(3)17-15-24/h7-9,11,13,18-19,24H,5-6,10,12,14-17H2,1-4H3,(H,40,47)(H,42,48)(H,39,41,43)/p+1. The van der Waals surface area contributed by atoms with Crippen molar-refractivity contribution in [1.82, 2.24) is 25.1 Å². The Bertz CT molecular complexity index is 1860. The summed E-state index contributed by atoms with van der Waals surface area (Å²) in [6.07, 6.45) is 0.785. The van der Waals surface area contributed by atoms with Gasteiger partial charge in [-0.15, -0.1) is 13.2 Å². The Morgan fingerprint density at radius 2 is 1.76 bits per heavy atom. The first-order chi connectivity index (χ1) is 23.4. The molecule has 3 heterocycles. The molecule has 4 aromatic rings. The Morgan fingerprint density at radius 3 is 2.43 bits per heavy atom. The molecular formula is C35H40F3N8O3+. The number of likely N-dealkylation sites (tertiary alicyclic amines) is 1. The molecule has 0 spiro atoms. The fourth-order valence-corrected chi connectivity index (χ4v) is 6.59. The second-order valence-electron chi connectivity index (χ2n) is 12.6. The van der Waals surface area contributed by atoms with Gasteiger partial charge in [0.1, 0.15) is 0 Å². The van der Waals surface area contributed by atoms with E-state index in [2.05, 4.69) is 42.8 Å². The molecule has 2 aliphatic rings. The van der Waals surface area contributed by atoms with Gasteiger partial charge in [0.15, 0.2) is 11.4 Å². The number of ether oxygens (including phenoxy) is 1. The van der Waals surface area contributed by atoms with Gasteiger partial charge in [-0.2, -0.15) is 5.10 Å². The molecule has 2 amide bonds. The second kappa shape index (κ2) is 13.9. The Morgan fingerprint density at radius 1 is 1.04 bits per heavy atom. The molecule has 0 saturated carbocycles. The average molecular weight is 678 g/mol. The lowest BCUT2D eigenvalue weighted by molar-refractivity contribution is -0.884. The number of aryl methyl sites for hydroxylation is 4. The maximum absolute atomic E-state index is 13.6. The Hall–Kier alpha value is -4.98. The highest BCUT2D eigenvalue weighted by atomic mass is 19.4. The van der Waals surface area contributed by atoms with Crippen LogP contribution in [0.15, 0.2) is 42.6 Å². The maximum atomic E-state index is 13.6. The van der Waals surface area contributed by atoms with Gasteiger partial charge < -0.3 is 25.6 Å². The van der Waals surface area contributed by atoms with Crippen molar-refractivity contribution in [3.8, 4) is 17.1 Å². The number of para-hydroxylation sites is 1. The lowest BCUT2D eigenvalue weighted by Crippen LogP contribution is -3.10. The van der Waals surface area contributed by atoms with Crippen molar-refractivity contribution in [2.45, 2.75) is 64.8 Å². The number of piperidine rings is 1. The molecule has 0 bridgehead atoms. The van der Waals surface area contributed by atoms with E-state index in [1.165, 1.54) is 17.0 Å². The highest BCUT2D eigenvalue weighted by Crippen LogP contribution is 2.37. The number of hydrogen-bond acceptors (Lipinski definition) is 7. The number of aromatic nitrogens is 4. The van der Waals surface area contributed by atoms with Gasteiger partial charge in [-0.3, -0.25) is 14.3 Å². The second-order valence-corrected chi connectivity index (χ2v) is 12.6. The normalized spacial score (nSPS) is 17.1. The Balaban J connectivity index is 1.27. The summed E-state index contributed by atoms with van der Waals surface area (Å²) < 4.78 is 46.4. The summed E-state index contributed by atoms with van der Waals surface area (Å²) in [7, 11) is 3.81. The van der Waals surface area contributed by atoms with E-state index >= 15 is 0 Å². The van der Waals surface area contributed by atoms with Crippen LogP contribution < -0.4 is 25.6 Å². The average Bonchev–Trinajstić information content (AvgIpc) is 3.42. The minimum absolute atomic E-state index is 0.0151. The third-order valence-corrected chi connectivity index (χ3v) is 9.22. The first-order valence-electron chi connectivity index (χ1n) is 16.6. The van der Waals surface area contributed by atoms with Crippen molar-refractivity contribution >= 4 is 29.1 Å². The minimum atomic E-state index is -5.00. The fourth-order valence-electron chi connectivity index (χ4n) is 6.59. The van der Waals surface area contributed by atoms with Gasteiger partial charge in [0, 0.05) is 48.9 Å². The number of fused-ring (bicyclic) bond motifs is 3. The van der Waals surface area contributed by atoms with Crippen LogP contribution in [0.25, 0.3) is 11.4 Å². The van der Waals surface area contributed by atoms with Crippen molar-refractivity contribution in [3.05, 3.63) is 76.1 Å². The van der Waals surface area contributed by atoms with Crippen molar-refractivity contribution in [1.29, 1.82) is 0 Å². The summed E-state index contributed by atoms with van der Waals surface area (Å²) >= 11 is 0. The number of carbonyl (C=O) groups excluding carboxylic acids is 2. The zero-order valence-electron chi connectivity index (χ0n) is 27.9. The number of hydrogen-bond donors (Lipinski definition) is 4. The predicted octanol–water partition coefficient (Wildman–Crippen LogP) is 4.40. The summed E-state index contributed by atoms with van der Waals surface area (Å²) in [5.41, 5.74) is 5.82. The van der Waals surface area contributed by atoms with Gasteiger partial charge in [-0.25, -0.2) is 9.97 Å². The molecule has 11 nitrogen and oxygen atoms in total. The molecule has 1 fully saturated rings. The van der Waals surface area contributed by atoms with Gasteiger partial charge in [0.05, 0.1) is 37.2 Å². The third-order valence-electron chi connectivity index (χ3n) is 9.22. The lowest BCUT2D eigenvalue weighted by atomic mass is 9.93. The molecule has 1 aliphatic carbocycles. The van der Waals surface area contributed by atoms with E-state index in [0.717, 1.165) is 72.8 Å². The van der Waals surface area contributed by atoms with Crippen LogP contribution in [-0.4, -0.2) is 64.1 Å². The van der Waals surface area contributed by atoms with Crippen LogP contribution in [0.4, 0.5) is 30.5 Å². The zero-order chi connectivity index (χ0) is 34.9. The smallest absolute Gasteiger partial charge is 0.404 e. The third kappa shape index (κ3) is 7.38. The molecule has 0 radical (unpaired) electrons. The molecule has 258 valence electrons. The van der Waals surface area contributed by atoms with Crippen LogP contribution in [0.2, 0.25) is 0 Å². The number of anilines is 3. The number of carbonyl (C=O) groups is 2. The highest BCUT2D eigenvalue weighted by Gasteiger charge is 2.34. The predicted molar refractivity (Wildman–Crippen MR) is 178 cm³/mol. The SMILES string of the molecule is CCc1cccc(CC)c1NC(=O)c1nn(C)c2c1CCc1cnc(Nc3ccc(C(=O)NC4CC[NH+](C)CC4)cc3OC(F)(F)F)nc1-2. The fraction of sp³-hybridized carbons (Fsp3) is 0.400. The van der Waals surface area contributed by atoms with E-state index in [1.54, 1.807) is 17.9 Å². The first-order valence-corrected chi connectivity index (χ1v) is 16.6. The zero-order valence-corrected chi connectivity index (χ0v) is 27.9. The lowest BCUT2D eigenvalue weighted by Gasteiger charge is -2.27. The molecule has 1 saturated heterocycles. The largest absolute Gasteiger partial charge is 0.573 e. The first kappa shape index (κ1) is 33.9. The maximum Gasteiger partial charge on any atom is 0.573 e. The summed E-state index contributed by atoms with van der Waals surface area (Å²) in [6, 6.07) is 9.77. The molecular weight excluding hydrogens is 637 g/mol. The Kier molecular flexibility index (Phi) is 9.59. The van der Waals surface area contributed by atoms with Gasteiger partial charge in [-0.1, -0.05) is 32.0 Å². The highest BCUT2D eigenvalue weighted by molar-refractivity contribution is 6.06. The quantitative estimate of drug-likeness (QED) is 0.207.